The Morgan fingerprint density at radius 1 is 1.25 bits per heavy atom. The Labute approximate surface area is 115 Å². The number of aromatic amines is 1. The van der Waals surface area contributed by atoms with Crippen LogP contribution in [-0.2, 0) is 14.8 Å². The van der Waals surface area contributed by atoms with Crippen LogP contribution in [0, 0.1) is 0 Å². The summed E-state index contributed by atoms with van der Waals surface area (Å²) < 4.78 is 26.0. The molecule has 1 aromatic heterocycles. The average molecular weight is 295 g/mol. The molecule has 0 spiro atoms. The minimum atomic E-state index is -3.85. The van der Waals surface area contributed by atoms with E-state index >= 15 is 0 Å². The maximum absolute atomic E-state index is 12.5. The third kappa shape index (κ3) is 2.97. The molecule has 0 aliphatic heterocycles. The van der Waals surface area contributed by atoms with Gasteiger partial charge in [0.15, 0.2) is 5.03 Å². The highest BCUT2D eigenvalue weighted by Crippen LogP contribution is 2.22. The number of para-hydroxylation sites is 1. The molecule has 0 fully saturated rings. The molecule has 7 nitrogen and oxygen atoms in total. The van der Waals surface area contributed by atoms with E-state index in [1.807, 2.05) is 0 Å². The van der Waals surface area contributed by atoms with Gasteiger partial charge in [-0.25, -0.2) is 0 Å². The molecule has 106 valence electrons. The van der Waals surface area contributed by atoms with E-state index in [0.717, 1.165) is 4.31 Å². The van der Waals surface area contributed by atoms with Gasteiger partial charge in [0.05, 0.1) is 18.3 Å². The minimum absolute atomic E-state index is 0.0771. The number of hydrogen-bond donors (Lipinski definition) is 2. The lowest BCUT2D eigenvalue weighted by molar-refractivity contribution is -0.136. The van der Waals surface area contributed by atoms with Crippen LogP contribution in [0.5, 0.6) is 0 Å². The summed E-state index contributed by atoms with van der Waals surface area (Å²) in [6.07, 6.45) is 1.04. The summed E-state index contributed by atoms with van der Waals surface area (Å²) in [6.45, 7) is -0.152. The topological polar surface area (TPSA) is 103 Å². The first-order valence-electron chi connectivity index (χ1n) is 5.81. The molecule has 0 saturated heterocycles. The number of aliphatic carboxylic acids is 1. The fourth-order valence-electron chi connectivity index (χ4n) is 1.69. The molecule has 0 saturated carbocycles. The van der Waals surface area contributed by atoms with E-state index < -0.39 is 16.0 Å². The van der Waals surface area contributed by atoms with Crippen LogP contribution in [-0.4, -0.2) is 36.2 Å². The number of sulfonamides is 1. The third-order valence-corrected chi connectivity index (χ3v) is 4.37. The molecule has 1 heterocycles. The zero-order chi connectivity index (χ0) is 14.6. The van der Waals surface area contributed by atoms with Crippen LogP contribution in [0.15, 0.2) is 47.6 Å². The Hall–Kier alpha value is -2.35. The van der Waals surface area contributed by atoms with E-state index in [2.05, 4.69) is 10.2 Å². The first-order valence-corrected chi connectivity index (χ1v) is 7.25. The van der Waals surface area contributed by atoms with Crippen molar-refractivity contribution in [1.29, 1.82) is 0 Å². The highest BCUT2D eigenvalue weighted by atomic mass is 32.2. The van der Waals surface area contributed by atoms with Crippen LogP contribution in [0.4, 0.5) is 5.69 Å². The number of carboxylic acids is 1. The molecule has 0 bridgehead atoms. The second kappa shape index (κ2) is 5.74. The average Bonchev–Trinajstić information content (AvgIpc) is 2.94. The van der Waals surface area contributed by atoms with Crippen LogP contribution >= 0.6 is 0 Å². The lowest BCUT2D eigenvalue weighted by Gasteiger charge is -2.22. The molecule has 2 rings (SSSR count). The van der Waals surface area contributed by atoms with Gasteiger partial charge in [-0.05, 0) is 18.2 Å². The minimum Gasteiger partial charge on any atom is -0.481 e. The molecule has 1 aromatic carbocycles. The number of nitrogens with one attached hydrogen (secondary N) is 1. The van der Waals surface area contributed by atoms with E-state index in [9.17, 15) is 13.2 Å². The lowest BCUT2D eigenvalue weighted by Crippen LogP contribution is -2.33. The van der Waals surface area contributed by atoms with E-state index in [-0.39, 0.29) is 18.0 Å². The molecule has 0 aliphatic rings. The number of nitrogens with zero attached hydrogens (tertiary/aromatic N) is 2. The monoisotopic (exact) mass is 295 g/mol. The maximum Gasteiger partial charge on any atom is 0.305 e. The second-order valence-corrected chi connectivity index (χ2v) is 5.81. The smallest absolute Gasteiger partial charge is 0.305 e. The molecule has 0 amide bonds. The molecule has 2 N–H and O–H groups in total. The molecule has 0 atom stereocenters. The summed E-state index contributed by atoms with van der Waals surface area (Å²) in [6, 6.07) is 9.66. The zero-order valence-corrected chi connectivity index (χ0v) is 11.2. The number of rotatable bonds is 6. The summed E-state index contributed by atoms with van der Waals surface area (Å²) in [5.41, 5.74) is 0.406. The van der Waals surface area contributed by atoms with Gasteiger partial charge in [-0.1, -0.05) is 18.2 Å². The Morgan fingerprint density at radius 3 is 2.50 bits per heavy atom. The number of aromatic nitrogens is 2. The van der Waals surface area contributed by atoms with Gasteiger partial charge >= 0.3 is 5.97 Å². The number of hydrogen-bond acceptors (Lipinski definition) is 4. The Balaban J connectivity index is 2.39. The second-order valence-electron chi connectivity index (χ2n) is 3.98. The van der Waals surface area contributed by atoms with Gasteiger partial charge < -0.3 is 5.11 Å². The summed E-state index contributed by atoms with van der Waals surface area (Å²) in [5.74, 6) is -1.06. The number of carbonyl (C=O) groups is 1. The highest BCUT2D eigenvalue weighted by molar-refractivity contribution is 7.92. The normalized spacial score (nSPS) is 11.2. The molecule has 8 heteroatoms. The Morgan fingerprint density at radius 2 is 1.95 bits per heavy atom. The first kappa shape index (κ1) is 14.1. The Kier molecular flexibility index (Phi) is 4.04. The van der Waals surface area contributed by atoms with Crippen molar-refractivity contribution < 1.29 is 18.3 Å². The van der Waals surface area contributed by atoms with Crippen molar-refractivity contribution in [2.75, 3.05) is 10.8 Å². The molecule has 0 aliphatic carbocycles. The van der Waals surface area contributed by atoms with Crippen LogP contribution in [0.25, 0.3) is 0 Å². The first-order chi connectivity index (χ1) is 9.51. The molecular weight excluding hydrogens is 282 g/mol. The predicted octanol–water partition coefficient (Wildman–Crippen LogP) is 1.08. The number of carboxylic acid groups (broad SMARTS) is 1. The largest absolute Gasteiger partial charge is 0.481 e. The number of H-pyrrole nitrogens is 1. The van der Waals surface area contributed by atoms with Crippen molar-refractivity contribution >= 4 is 21.7 Å². The van der Waals surface area contributed by atoms with E-state index in [1.165, 1.54) is 12.3 Å². The third-order valence-electron chi connectivity index (χ3n) is 2.62. The van der Waals surface area contributed by atoms with Crippen molar-refractivity contribution in [2.24, 2.45) is 0 Å². The van der Waals surface area contributed by atoms with Crippen LogP contribution < -0.4 is 4.31 Å². The summed E-state index contributed by atoms with van der Waals surface area (Å²) in [4.78, 5) is 10.7. The van der Waals surface area contributed by atoms with E-state index in [1.54, 1.807) is 30.3 Å². The molecular formula is C12H13N3O4S. The number of anilines is 1. The van der Waals surface area contributed by atoms with Gasteiger partial charge in [0, 0.05) is 6.54 Å². The zero-order valence-electron chi connectivity index (χ0n) is 10.4. The van der Waals surface area contributed by atoms with Gasteiger partial charge in [-0.2, -0.15) is 13.5 Å². The van der Waals surface area contributed by atoms with Crippen molar-refractivity contribution in [3.05, 3.63) is 42.6 Å². The van der Waals surface area contributed by atoms with Crippen LogP contribution in [0.3, 0.4) is 0 Å². The summed E-state index contributed by atoms with van der Waals surface area (Å²) >= 11 is 0. The quantitative estimate of drug-likeness (QED) is 0.830. The highest BCUT2D eigenvalue weighted by Gasteiger charge is 2.26. The fourth-order valence-corrected chi connectivity index (χ4v) is 3.05. The van der Waals surface area contributed by atoms with E-state index in [0.29, 0.717) is 5.69 Å². The molecule has 0 radical (unpaired) electrons. The lowest BCUT2D eigenvalue weighted by atomic mass is 10.3. The van der Waals surface area contributed by atoms with Crippen LogP contribution in [0.1, 0.15) is 6.42 Å². The van der Waals surface area contributed by atoms with Crippen molar-refractivity contribution in [3.63, 3.8) is 0 Å². The van der Waals surface area contributed by atoms with Gasteiger partial charge in [-0.15, -0.1) is 0 Å². The van der Waals surface area contributed by atoms with Crippen LogP contribution in [0.2, 0.25) is 0 Å². The maximum atomic E-state index is 12.5. The SMILES string of the molecule is O=C(O)CCN(c1ccccc1)S(=O)(=O)c1ccn[nH]1. The molecule has 20 heavy (non-hydrogen) atoms. The Bertz CT molecular complexity index is 668. The molecule has 0 unspecified atom stereocenters. The predicted molar refractivity (Wildman–Crippen MR) is 71.8 cm³/mol. The summed E-state index contributed by atoms with van der Waals surface area (Å²) in [7, 11) is -3.85. The van der Waals surface area contributed by atoms with E-state index in [4.69, 9.17) is 5.11 Å². The van der Waals surface area contributed by atoms with Gasteiger partial charge in [0.2, 0.25) is 0 Å². The van der Waals surface area contributed by atoms with Crippen molar-refractivity contribution in [1.82, 2.24) is 10.2 Å². The molecule has 2 aromatic rings. The standard InChI is InChI=1S/C12H13N3O4S/c16-12(17)7-9-15(10-4-2-1-3-5-10)20(18,19)11-6-8-13-14-11/h1-6,8H,7,9H2,(H,13,14)(H,16,17). The number of benzene rings is 1. The van der Waals surface area contributed by atoms with Gasteiger partial charge in [0.25, 0.3) is 10.0 Å². The van der Waals surface area contributed by atoms with Crippen molar-refractivity contribution in [3.8, 4) is 0 Å². The summed E-state index contributed by atoms with van der Waals surface area (Å²) in [5, 5.41) is 14.7. The van der Waals surface area contributed by atoms with Gasteiger partial charge in [0.1, 0.15) is 0 Å². The van der Waals surface area contributed by atoms with Gasteiger partial charge in [-0.3, -0.25) is 14.2 Å². The fraction of sp³-hybridized carbons (Fsp3) is 0.167. The van der Waals surface area contributed by atoms with Crippen molar-refractivity contribution in [2.45, 2.75) is 11.4 Å².